The first-order chi connectivity index (χ1) is 14.1. The van der Waals surface area contributed by atoms with E-state index in [2.05, 4.69) is 5.32 Å². The standard InChI is InChI=1S/C20H23N3O6S/c1-20(2,3)29-22(11-24)13-7-5-4-6-12(13)10-15(25)21-16-17(26)23-14(19(27)28)8-9-30-18(16)23/h4-8,11,16,18H,9-10H2,1-3H3,(H,21,25)(H,27,28)/t16?,18-/m1/s1. The number of hydroxylamine groups is 1. The second kappa shape index (κ2) is 8.49. The molecule has 1 unspecified atom stereocenters. The second-order valence-electron chi connectivity index (χ2n) is 7.81. The van der Waals surface area contributed by atoms with Crippen LogP contribution in [0.2, 0.25) is 0 Å². The third-order valence-electron chi connectivity index (χ3n) is 4.43. The summed E-state index contributed by atoms with van der Waals surface area (Å²) in [7, 11) is 0. The van der Waals surface area contributed by atoms with E-state index >= 15 is 0 Å². The summed E-state index contributed by atoms with van der Waals surface area (Å²) in [6.07, 6.45) is 1.95. The van der Waals surface area contributed by atoms with Gasteiger partial charge < -0.3 is 10.4 Å². The number of carboxylic acids is 1. The zero-order valence-corrected chi connectivity index (χ0v) is 17.6. The average Bonchev–Trinajstić information content (AvgIpc) is 2.69. The molecule has 0 bridgehead atoms. The highest BCUT2D eigenvalue weighted by Gasteiger charge is 2.52. The lowest BCUT2D eigenvalue weighted by Gasteiger charge is -2.48. The van der Waals surface area contributed by atoms with Crippen LogP contribution in [0.1, 0.15) is 26.3 Å². The van der Waals surface area contributed by atoms with E-state index in [1.165, 1.54) is 22.7 Å². The lowest BCUT2D eigenvalue weighted by Crippen LogP contribution is -2.70. The largest absolute Gasteiger partial charge is 0.477 e. The summed E-state index contributed by atoms with van der Waals surface area (Å²) >= 11 is 1.39. The molecule has 2 aliphatic heterocycles. The Bertz CT molecular complexity index is 910. The maximum absolute atomic E-state index is 12.6. The van der Waals surface area contributed by atoms with E-state index in [-0.39, 0.29) is 12.1 Å². The van der Waals surface area contributed by atoms with Crippen molar-refractivity contribution in [1.29, 1.82) is 0 Å². The number of amides is 3. The summed E-state index contributed by atoms with van der Waals surface area (Å²) < 4.78 is 0. The summed E-state index contributed by atoms with van der Waals surface area (Å²) in [5.41, 5.74) is 0.311. The number of rotatable bonds is 7. The van der Waals surface area contributed by atoms with E-state index in [0.29, 0.717) is 23.4 Å². The Morgan fingerprint density at radius 1 is 1.37 bits per heavy atom. The lowest BCUT2D eigenvalue weighted by atomic mass is 10.0. The first kappa shape index (κ1) is 21.8. The molecule has 1 aromatic carbocycles. The minimum Gasteiger partial charge on any atom is -0.477 e. The number of carbonyl (C=O) groups is 4. The van der Waals surface area contributed by atoms with Crippen LogP contribution < -0.4 is 10.4 Å². The van der Waals surface area contributed by atoms with Gasteiger partial charge in [0.2, 0.25) is 12.3 Å². The van der Waals surface area contributed by atoms with Crippen LogP contribution in [-0.2, 0) is 30.4 Å². The summed E-state index contributed by atoms with van der Waals surface area (Å²) in [4.78, 5) is 54.7. The number of nitrogens with one attached hydrogen (secondary N) is 1. The molecule has 1 fully saturated rings. The smallest absolute Gasteiger partial charge is 0.352 e. The molecule has 1 saturated heterocycles. The monoisotopic (exact) mass is 433 g/mol. The molecule has 3 amide bonds. The van der Waals surface area contributed by atoms with Crippen LogP contribution in [0, 0.1) is 0 Å². The molecule has 9 nitrogen and oxygen atoms in total. The first-order valence-corrected chi connectivity index (χ1v) is 10.4. The Hall–Kier alpha value is -2.85. The van der Waals surface area contributed by atoms with Gasteiger partial charge in [0.25, 0.3) is 5.91 Å². The normalized spacial score (nSPS) is 20.6. The van der Waals surface area contributed by atoms with E-state index in [4.69, 9.17) is 4.84 Å². The second-order valence-corrected chi connectivity index (χ2v) is 8.96. The van der Waals surface area contributed by atoms with Gasteiger partial charge in [-0.1, -0.05) is 18.2 Å². The molecular weight excluding hydrogens is 410 g/mol. The van der Waals surface area contributed by atoms with Crippen molar-refractivity contribution >= 4 is 41.6 Å². The maximum Gasteiger partial charge on any atom is 0.352 e. The zero-order chi connectivity index (χ0) is 22.1. The Kier molecular flexibility index (Phi) is 6.18. The van der Waals surface area contributed by atoms with Crippen LogP contribution in [0.4, 0.5) is 5.69 Å². The minimum atomic E-state index is -1.17. The third-order valence-corrected chi connectivity index (χ3v) is 5.61. The van der Waals surface area contributed by atoms with Crippen molar-refractivity contribution in [3.05, 3.63) is 41.6 Å². The topological polar surface area (TPSA) is 116 Å². The van der Waals surface area contributed by atoms with Gasteiger partial charge in [-0.2, -0.15) is 5.06 Å². The molecule has 0 aromatic heterocycles. The molecule has 2 N–H and O–H groups in total. The van der Waals surface area contributed by atoms with E-state index in [1.54, 1.807) is 45.0 Å². The number of para-hydroxylation sites is 1. The highest BCUT2D eigenvalue weighted by Crippen LogP contribution is 2.37. The summed E-state index contributed by atoms with van der Waals surface area (Å²) in [6, 6.07) is 6.05. The van der Waals surface area contributed by atoms with Crippen LogP contribution in [0.3, 0.4) is 0 Å². The molecule has 1 aromatic rings. The van der Waals surface area contributed by atoms with Gasteiger partial charge in [-0.05, 0) is 38.5 Å². The molecule has 0 radical (unpaired) electrons. The molecule has 160 valence electrons. The van der Waals surface area contributed by atoms with Crippen molar-refractivity contribution in [2.24, 2.45) is 0 Å². The number of carbonyl (C=O) groups excluding carboxylic acids is 3. The fourth-order valence-corrected chi connectivity index (χ4v) is 4.43. The molecule has 2 heterocycles. The van der Waals surface area contributed by atoms with Gasteiger partial charge in [0.1, 0.15) is 17.1 Å². The van der Waals surface area contributed by atoms with Crippen molar-refractivity contribution in [2.45, 2.75) is 44.2 Å². The molecule has 30 heavy (non-hydrogen) atoms. The summed E-state index contributed by atoms with van der Waals surface area (Å²) in [5, 5.41) is 12.6. The Labute approximate surface area is 178 Å². The zero-order valence-electron chi connectivity index (χ0n) is 16.8. The SMILES string of the molecule is CC(C)(C)ON(C=O)c1ccccc1CC(=O)NC1C(=O)N2C(C(=O)O)=CCS[C@H]12. The predicted octanol–water partition coefficient (Wildman–Crippen LogP) is 1.29. The molecule has 0 aliphatic carbocycles. The number of nitrogens with zero attached hydrogens (tertiary/aromatic N) is 2. The number of hydrogen-bond acceptors (Lipinski definition) is 6. The van der Waals surface area contributed by atoms with Crippen molar-refractivity contribution in [3.63, 3.8) is 0 Å². The van der Waals surface area contributed by atoms with E-state index in [9.17, 15) is 24.3 Å². The number of aliphatic carboxylic acids is 1. The van der Waals surface area contributed by atoms with Gasteiger partial charge in [0.05, 0.1) is 17.7 Å². The van der Waals surface area contributed by atoms with E-state index in [1.807, 2.05) is 0 Å². The molecular formula is C20H23N3O6S. The first-order valence-electron chi connectivity index (χ1n) is 9.31. The van der Waals surface area contributed by atoms with Crippen LogP contribution in [0.15, 0.2) is 36.0 Å². The quantitative estimate of drug-likeness (QED) is 0.378. The molecule has 2 atom stereocenters. The molecule has 3 rings (SSSR count). The number of benzene rings is 1. The van der Waals surface area contributed by atoms with Gasteiger partial charge in [-0.15, -0.1) is 11.8 Å². The number of hydrogen-bond donors (Lipinski definition) is 2. The van der Waals surface area contributed by atoms with Crippen molar-refractivity contribution in [2.75, 3.05) is 10.8 Å². The lowest BCUT2D eigenvalue weighted by molar-refractivity contribution is -0.150. The predicted molar refractivity (Wildman–Crippen MR) is 110 cm³/mol. The minimum absolute atomic E-state index is 0.0550. The number of thioether (sulfide) groups is 1. The van der Waals surface area contributed by atoms with Gasteiger partial charge in [0.15, 0.2) is 0 Å². The Morgan fingerprint density at radius 3 is 2.70 bits per heavy atom. The number of fused-ring (bicyclic) bond motifs is 1. The van der Waals surface area contributed by atoms with E-state index < -0.39 is 34.8 Å². The Morgan fingerprint density at radius 2 is 2.07 bits per heavy atom. The van der Waals surface area contributed by atoms with Gasteiger partial charge in [-0.3, -0.25) is 24.1 Å². The molecule has 10 heteroatoms. The van der Waals surface area contributed by atoms with Crippen LogP contribution in [-0.4, -0.2) is 57.0 Å². The van der Waals surface area contributed by atoms with Gasteiger partial charge in [-0.25, -0.2) is 4.79 Å². The van der Waals surface area contributed by atoms with Crippen molar-refractivity contribution in [3.8, 4) is 0 Å². The highest BCUT2D eigenvalue weighted by molar-refractivity contribution is 8.00. The average molecular weight is 433 g/mol. The number of carboxylic acid groups (broad SMARTS) is 1. The van der Waals surface area contributed by atoms with Crippen LogP contribution in [0.25, 0.3) is 0 Å². The van der Waals surface area contributed by atoms with Crippen LogP contribution in [0.5, 0.6) is 0 Å². The summed E-state index contributed by atoms with van der Waals surface area (Å²) in [5.74, 6) is -1.58. The number of anilines is 1. The van der Waals surface area contributed by atoms with Crippen molar-refractivity contribution in [1.82, 2.24) is 10.2 Å². The van der Waals surface area contributed by atoms with Crippen molar-refractivity contribution < 1.29 is 29.1 Å². The fraction of sp³-hybridized carbons (Fsp3) is 0.400. The third kappa shape index (κ3) is 4.49. The fourth-order valence-electron chi connectivity index (χ4n) is 3.23. The molecule has 0 spiro atoms. The van der Waals surface area contributed by atoms with Gasteiger partial charge in [0, 0.05) is 5.75 Å². The summed E-state index contributed by atoms with van der Waals surface area (Å²) in [6.45, 7) is 5.40. The van der Waals surface area contributed by atoms with E-state index in [0.717, 1.165) is 5.06 Å². The Balaban J connectivity index is 1.70. The maximum atomic E-state index is 12.6. The van der Waals surface area contributed by atoms with Crippen LogP contribution >= 0.6 is 11.8 Å². The van der Waals surface area contributed by atoms with Gasteiger partial charge >= 0.3 is 5.97 Å². The molecule has 0 saturated carbocycles. The number of β-lactam (4-membered cyclic amide) rings is 1. The highest BCUT2D eigenvalue weighted by atomic mass is 32.2. The molecule has 2 aliphatic rings.